The van der Waals surface area contributed by atoms with E-state index in [1.54, 1.807) is 12.1 Å². The summed E-state index contributed by atoms with van der Waals surface area (Å²) in [5.74, 6) is 1.26. The molecule has 1 aromatic carbocycles. The van der Waals surface area contributed by atoms with Crippen LogP contribution in [-0.2, 0) is 11.2 Å². The molecule has 144 valence electrons. The molecule has 0 radical (unpaired) electrons. The average Bonchev–Trinajstić information content (AvgIpc) is 2.63. The third-order valence-corrected chi connectivity index (χ3v) is 4.59. The second kappa shape index (κ2) is 10.8. The molecule has 1 atom stereocenters. The molecule has 1 aliphatic rings. The molecule has 2 N–H and O–H groups in total. The van der Waals surface area contributed by atoms with Gasteiger partial charge in [-0.05, 0) is 43.7 Å². The van der Waals surface area contributed by atoms with Crippen molar-refractivity contribution in [2.45, 2.75) is 39.5 Å². The zero-order valence-electron chi connectivity index (χ0n) is 15.9. The first kappa shape index (κ1) is 20.2. The van der Waals surface area contributed by atoms with E-state index >= 15 is 0 Å². The van der Waals surface area contributed by atoms with E-state index in [0.29, 0.717) is 43.4 Å². The number of hydrogen-bond acceptors (Lipinski definition) is 2. The first-order valence-electron chi connectivity index (χ1n) is 9.63. The molecule has 1 heterocycles. The van der Waals surface area contributed by atoms with Crippen molar-refractivity contribution in [3.8, 4) is 0 Å². The van der Waals surface area contributed by atoms with Gasteiger partial charge in [-0.25, -0.2) is 4.39 Å². The van der Waals surface area contributed by atoms with E-state index in [2.05, 4.69) is 22.5 Å². The number of guanidine groups is 1. The zero-order chi connectivity index (χ0) is 18.8. The van der Waals surface area contributed by atoms with Crippen LogP contribution in [0.15, 0.2) is 29.3 Å². The minimum absolute atomic E-state index is 0.183. The Morgan fingerprint density at radius 2 is 2.15 bits per heavy atom. The number of halogens is 1. The summed E-state index contributed by atoms with van der Waals surface area (Å²) in [4.78, 5) is 18.7. The van der Waals surface area contributed by atoms with E-state index in [4.69, 9.17) is 0 Å². The smallest absolute Gasteiger partial charge is 0.224 e. The zero-order valence-corrected chi connectivity index (χ0v) is 15.9. The van der Waals surface area contributed by atoms with Crippen LogP contribution in [0.4, 0.5) is 4.39 Å². The first-order valence-corrected chi connectivity index (χ1v) is 9.63. The van der Waals surface area contributed by atoms with E-state index in [-0.39, 0.29) is 11.7 Å². The summed E-state index contributed by atoms with van der Waals surface area (Å²) in [5, 5.41) is 6.37. The second-order valence-corrected chi connectivity index (χ2v) is 6.87. The highest BCUT2D eigenvalue weighted by atomic mass is 19.1. The maximum absolute atomic E-state index is 13.6. The van der Waals surface area contributed by atoms with Crippen LogP contribution >= 0.6 is 0 Å². The van der Waals surface area contributed by atoms with Crippen LogP contribution in [0, 0.1) is 11.7 Å². The minimum Gasteiger partial charge on any atom is -0.357 e. The van der Waals surface area contributed by atoms with E-state index in [0.717, 1.165) is 26.1 Å². The summed E-state index contributed by atoms with van der Waals surface area (Å²) in [6.07, 6.45) is 3.31. The summed E-state index contributed by atoms with van der Waals surface area (Å²) in [5.41, 5.74) is 0.685. The van der Waals surface area contributed by atoms with Gasteiger partial charge in [0.15, 0.2) is 5.96 Å². The molecular formula is C20H31FN4O. The van der Waals surface area contributed by atoms with Gasteiger partial charge in [0.25, 0.3) is 0 Å². The Bertz CT molecular complexity index is 605. The fourth-order valence-electron chi connectivity index (χ4n) is 3.20. The monoisotopic (exact) mass is 362 g/mol. The predicted molar refractivity (Wildman–Crippen MR) is 104 cm³/mol. The number of nitrogens with zero attached hydrogens (tertiary/aromatic N) is 2. The normalized spacial score (nSPS) is 17.9. The number of likely N-dealkylation sites (tertiary alicyclic amines) is 1. The molecule has 1 amide bonds. The van der Waals surface area contributed by atoms with Crippen molar-refractivity contribution in [3.05, 3.63) is 35.6 Å². The summed E-state index contributed by atoms with van der Waals surface area (Å²) >= 11 is 0. The second-order valence-electron chi connectivity index (χ2n) is 6.87. The molecule has 26 heavy (non-hydrogen) atoms. The van der Waals surface area contributed by atoms with Gasteiger partial charge in [-0.15, -0.1) is 0 Å². The van der Waals surface area contributed by atoms with Crippen molar-refractivity contribution >= 4 is 11.9 Å². The summed E-state index contributed by atoms with van der Waals surface area (Å²) in [6, 6.07) is 6.80. The van der Waals surface area contributed by atoms with E-state index in [9.17, 15) is 9.18 Å². The van der Waals surface area contributed by atoms with Crippen LogP contribution in [0.2, 0.25) is 0 Å². The van der Waals surface area contributed by atoms with Gasteiger partial charge in [-0.2, -0.15) is 0 Å². The maximum atomic E-state index is 13.6. The quantitative estimate of drug-likeness (QED) is 0.579. The average molecular weight is 362 g/mol. The maximum Gasteiger partial charge on any atom is 0.224 e. The molecule has 1 saturated heterocycles. The molecule has 0 spiro atoms. The molecule has 0 aromatic heterocycles. The third kappa shape index (κ3) is 6.65. The van der Waals surface area contributed by atoms with Crippen molar-refractivity contribution in [1.29, 1.82) is 0 Å². The standard InChI is InChI=1S/C20H31FN4O/c1-3-22-20(23-12-10-17-8-4-5-9-18(17)21)24-13-11-19(26)25-14-6-7-16(2)15-25/h4-5,8-9,16H,3,6-7,10-15H2,1-2H3,(H2,22,23,24). The topological polar surface area (TPSA) is 56.7 Å². The van der Waals surface area contributed by atoms with Crippen molar-refractivity contribution < 1.29 is 9.18 Å². The number of amides is 1. The molecule has 1 fully saturated rings. The fraction of sp³-hybridized carbons (Fsp3) is 0.600. The number of benzene rings is 1. The SMILES string of the molecule is CCNC(=NCCC(=O)N1CCCC(C)C1)NCCc1ccccc1F. The number of aliphatic imine (C=N–C) groups is 1. The Morgan fingerprint density at radius 1 is 1.35 bits per heavy atom. The Labute approximate surface area is 156 Å². The lowest BCUT2D eigenvalue weighted by Crippen LogP contribution is -2.40. The Morgan fingerprint density at radius 3 is 2.88 bits per heavy atom. The molecule has 1 unspecified atom stereocenters. The lowest BCUT2D eigenvalue weighted by molar-refractivity contribution is -0.132. The number of nitrogens with one attached hydrogen (secondary N) is 2. The number of rotatable bonds is 7. The highest BCUT2D eigenvalue weighted by Gasteiger charge is 2.20. The van der Waals surface area contributed by atoms with Gasteiger partial charge in [0.2, 0.25) is 5.91 Å². The van der Waals surface area contributed by atoms with Gasteiger partial charge < -0.3 is 15.5 Å². The van der Waals surface area contributed by atoms with Gasteiger partial charge >= 0.3 is 0 Å². The van der Waals surface area contributed by atoms with Gasteiger partial charge in [-0.3, -0.25) is 9.79 Å². The Kier molecular flexibility index (Phi) is 8.38. The number of carbonyl (C=O) groups excluding carboxylic acids is 1. The van der Waals surface area contributed by atoms with Crippen LogP contribution in [0.1, 0.15) is 38.7 Å². The van der Waals surface area contributed by atoms with Crippen LogP contribution in [0.5, 0.6) is 0 Å². The molecule has 0 saturated carbocycles. The van der Waals surface area contributed by atoms with Crippen molar-refractivity contribution in [2.75, 3.05) is 32.7 Å². The molecule has 0 bridgehead atoms. The molecular weight excluding hydrogens is 331 g/mol. The number of carbonyl (C=O) groups is 1. The Hall–Kier alpha value is -2.11. The summed E-state index contributed by atoms with van der Waals surface area (Å²) in [7, 11) is 0. The van der Waals surface area contributed by atoms with E-state index in [1.807, 2.05) is 17.9 Å². The number of hydrogen-bond donors (Lipinski definition) is 2. The fourth-order valence-corrected chi connectivity index (χ4v) is 3.20. The van der Waals surface area contributed by atoms with Crippen LogP contribution < -0.4 is 10.6 Å². The van der Waals surface area contributed by atoms with Crippen LogP contribution in [-0.4, -0.2) is 49.5 Å². The molecule has 1 aliphatic heterocycles. The predicted octanol–water partition coefficient (Wildman–Crippen LogP) is 2.57. The van der Waals surface area contributed by atoms with E-state index in [1.165, 1.54) is 12.5 Å². The van der Waals surface area contributed by atoms with Gasteiger partial charge in [0, 0.05) is 32.6 Å². The van der Waals surface area contributed by atoms with Crippen molar-refractivity contribution in [2.24, 2.45) is 10.9 Å². The number of piperidine rings is 1. The highest BCUT2D eigenvalue weighted by molar-refractivity contribution is 5.80. The third-order valence-electron chi connectivity index (χ3n) is 4.59. The highest BCUT2D eigenvalue weighted by Crippen LogP contribution is 2.16. The lowest BCUT2D eigenvalue weighted by atomic mass is 10.00. The largest absolute Gasteiger partial charge is 0.357 e. The van der Waals surface area contributed by atoms with E-state index < -0.39 is 0 Å². The van der Waals surface area contributed by atoms with Crippen LogP contribution in [0.3, 0.4) is 0 Å². The van der Waals surface area contributed by atoms with Gasteiger partial charge in [0.05, 0.1) is 6.54 Å². The molecule has 6 heteroatoms. The molecule has 2 rings (SSSR count). The summed E-state index contributed by atoms with van der Waals surface area (Å²) < 4.78 is 13.6. The summed E-state index contributed by atoms with van der Waals surface area (Å²) in [6.45, 7) is 7.71. The van der Waals surface area contributed by atoms with Crippen molar-refractivity contribution in [1.82, 2.24) is 15.5 Å². The minimum atomic E-state index is -0.183. The van der Waals surface area contributed by atoms with Gasteiger partial charge in [-0.1, -0.05) is 25.1 Å². The van der Waals surface area contributed by atoms with Crippen LogP contribution in [0.25, 0.3) is 0 Å². The first-order chi connectivity index (χ1) is 12.6. The molecule has 0 aliphatic carbocycles. The lowest BCUT2D eigenvalue weighted by Gasteiger charge is -2.30. The Balaban J connectivity index is 1.76. The molecule has 1 aromatic rings. The van der Waals surface area contributed by atoms with Crippen molar-refractivity contribution in [3.63, 3.8) is 0 Å². The molecule has 5 nitrogen and oxygen atoms in total. The van der Waals surface area contributed by atoms with Gasteiger partial charge in [0.1, 0.15) is 5.82 Å².